The van der Waals surface area contributed by atoms with E-state index in [-0.39, 0.29) is 0 Å². The summed E-state index contributed by atoms with van der Waals surface area (Å²) in [7, 11) is 0. The molecule has 1 aromatic carbocycles. The largest absolute Gasteiger partial charge is 0.478 e. The van der Waals surface area contributed by atoms with Gasteiger partial charge in [0.2, 0.25) is 0 Å². The molecule has 2 rings (SSSR count). The Bertz CT molecular complexity index is 635. The van der Waals surface area contributed by atoms with Crippen molar-refractivity contribution in [1.82, 2.24) is 20.2 Å². The molecule has 0 saturated carbocycles. The van der Waals surface area contributed by atoms with Crippen molar-refractivity contribution in [3.05, 3.63) is 40.7 Å². The summed E-state index contributed by atoms with van der Waals surface area (Å²) < 4.78 is 1.55. The van der Waals surface area contributed by atoms with E-state index >= 15 is 0 Å². The monoisotopic (exact) mass is 258 g/mol. The van der Waals surface area contributed by atoms with Gasteiger partial charge in [-0.15, -0.1) is 5.10 Å². The van der Waals surface area contributed by atoms with Crippen molar-refractivity contribution in [2.75, 3.05) is 0 Å². The number of hydrogen-bond donors (Lipinski definition) is 1. The van der Waals surface area contributed by atoms with Crippen LogP contribution in [0.15, 0.2) is 18.2 Å². The second-order valence-corrected chi connectivity index (χ2v) is 4.37. The maximum Gasteiger partial charge on any atom is 0.328 e. The minimum Gasteiger partial charge on any atom is -0.478 e. The van der Waals surface area contributed by atoms with E-state index in [9.17, 15) is 4.79 Å². The van der Waals surface area contributed by atoms with E-state index in [0.29, 0.717) is 5.82 Å². The highest BCUT2D eigenvalue weighted by molar-refractivity contribution is 5.84. The molecule has 2 aromatic rings. The summed E-state index contributed by atoms with van der Waals surface area (Å²) in [6.45, 7) is 5.97. The van der Waals surface area contributed by atoms with Gasteiger partial charge in [-0.1, -0.05) is 17.7 Å². The Morgan fingerprint density at radius 3 is 2.47 bits per heavy atom. The number of carbonyl (C=O) groups is 1. The molecule has 98 valence electrons. The molecule has 0 spiro atoms. The number of carboxylic acid groups (broad SMARTS) is 1. The van der Waals surface area contributed by atoms with Crippen molar-refractivity contribution >= 4 is 12.0 Å². The molecule has 0 bridgehead atoms. The summed E-state index contributed by atoms with van der Waals surface area (Å²) in [6.07, 6.45) is 2.39. The number of benzene rings is 1. The van der Waals surface area contributed by atoms with Gasteiger partial charge < -0.3 is 5.11 Å². The van der Waals surface area contributed by atoms with Crippen LogP contribution < -0.4 is 0 Å². The smallest absolute Gasteiger partial charge is 0.328 e. The normalized spacial score (nSPS) is 11.1. The molecule has 0 unspecified atom stereocenters. The zero-order chi connectivity index (χ0) is 14.0. The van der Waals surface area contributed by atoms with Crippen LogP contribution in [0.25, 0.3) is 11.8 Å². The average Bonchev–Trinajstić information content (AvgIpc) is 2.73. The third-order valence-electron chi connectivity index (χ3n) is 2.72. The van der Waals surface area contributed by atoms with Crippen LogP contribution in [0.1, 0.15) is 22.5 Å². The fourth-order valence-electron chi connectivity index (χ4n) is 2.11. The zero-order valence-electron chi connectivity index (χ0n) is 11.0. The Balaban J connectivity index is 2.55. The Morgan fingerprint density at radius 2 is 1.89 bits per heavy atom. The van der Waals surface area contributed by atoms with Crippen molar-refractivity contribution in [2.45, 2.75) is 20.8 Å². The second kappa shape index (κ2) is 5.01. The number of tetrazole rings is 1. The van der Waals surface area contributed by atoms with Crippen molar-refractivity contribution in [1.29, 1.82) is 0 Å². The summed E-state index contributed by atoms with van der Waals surface area (Å²) >= 11 is 0. The van der Waals surface area contributed by atoms with E-state index in [0.717, 1.165) is 28.5 Å². The molecule has 19 heavy (non-hydrogen) atoms. The number of nitrogens with zero attached hydrogens (tertiary/aromatic N) is 4. The van der Waals surface area contributed by atoms with Crippen LogP contribution in [0, 0.1) is 20.8 Å². The van der Waals surface area contributed by atoms with Gasteiger partial charge in [0.15, 0.2) is 5.82 Å². The quantitative estimate of drug-likeness (QED) is 0.847. The first kappa shape index (κ1) is 12.9. The van der Waals surface area contributed by atoms with Crippen LogP contribution in [0.4, 0.5) is 0 Å². The van der Waals surface area contributed by atoms with Gasteiger partial charge in [-0.05, 0) is 48.4 Å². The number of carboxylic acids is 1. The van der Waals surface area contributed by atoms with Crippen LogP contribution in [0.2, 0.25) is 0 Å². The first-order valence-electron chi connectivity index (χ1n) is 5.76. The molecule has 6 nitrogen and oxygen atoms in total. The maximum atomic E-state index is 10.6. The molecular formula is C13H14N4O2. The molecule has 1 heterocycles. The minimum absolute atomic E-state index is 0.387. The van der Waals surface area contributed by atoms with E-state index < -0.39 is 5.97 Å². The van der Waals surface area contributed by atoms with Gasteiger partial charge >= 0.3 is 5.97 Å². The highest BCUT2D eigenvalue weighted by atomic mass is 16.4. The summed E-state index contributed by atoms with van der Waals surface area (Å²) in [5.41, 5.74) is 4.11. The Hall–Kier alpha value is -2.50. The third-order valence-corrected chi connectivity index (χ3v) is 2.72. The van der Waals surface area contributed by atoms with E-state index in [2.05, 4.69) is 15.5 Å². The Morgan fingerprint density at radius 1 is 1.26 bits per heavy atom. The first-order valence-corrected chi connectivity index (χ1v) is 5.76. The summed E-state index contributed by atoms with van der Waals surface area (Å²) in [4.78, 5) is 10.6. The molecule has 0 aliphatic carbocycles. The molecule has 0 saturated heterocycles. The predicted octanol–water partition coefficient (Wildman–Crippen LogP) is 1.69. The molecule has 1 aromatic heterocycles. The van der Waals surface area contributed by atoms with Gasteiger partial charge in [0.1, 0.15) is 0 Å². The number of hydrogen-bond acceptors (Lipinski definition) is 4. The number of rotatable bonds is 3. The van der Waals surface area contributed by atoms with E-state index in [1.165, 1.54) is 6.08 Å². The van der Waals surface area contributed by atoms with Crippen molar-refractivity contribution in [3.63, 3.8) is 0 Å². The summed E-state index contributed by atoms with van der Waals surface area (Å²) in [5, 5.41) is 20.0. The molecule has 0 atom stereocenters. The standard InChI is InChI=1S/C13H14N4O2/c1-8-6-9(2)13(10(3)7-8)17-11(14-15-16-17)4-5-12(18)19/h4-7H,1-3H3,(H,18,19)/b5-4+. The third kappa shape index (κ3) is 2.67. The SMILES string of the molecule is Cc1cc(C)c(-n2nnnc2/C=C/C(=O)O)c(C)c1. The van der Waals surface area contributed by atoms with Gasteiger partial charge in [-0.2, -0.15) is 4.68 Å². The zero-order valence-corrected chi connectivity index (χ0v) is 11.0. The molecule has 0 amide bonds. The molecule has 1 N–H and O–H groups in total. The average molecular weight is 258 g/mol. The van der Waals surface area contributed by atoms with Crippen LogP contribution in [-0.4, -0.2) is 31.3 Å². The molecule has 0 aliphatic rings. The summed E-state index contributed by atoms with van der Waals surface area (Å²) in [6, 6.07) is 4.07. The van der Waals surface area contributed by atoms with E-state index in [1.807, 2.05) is 32.9 Å². The lowest BCUT2D eigenvalue weighted by atomic mass is 10.1. The number of aliphatic carboxylic acids is 1. The van der Waals surface area contributed by atoms with Gasteiger partial charge in [-0.25, -0.2) is 4.79 Å². The molecule has 0 fully saturated rings. The number of aryl methyl sites for hydroxylation is 3. The maximum absolute atomic E-state index is 10.6. The van der Waals surface area contributed by atoms with Crippen molar-refractivity contribution in [3.8, 4) is 5.69 Å². The number of aromatic nitrogens is 4. The Kier molecular flexibility index (Phi) is 3.41. The van der Waals surface area contributed by atoms with Crippen molar-refractivity contribution < 1.29 is 9.90 Å². The van der Waals surface area contributed by atoms with Gasteiger partial charge in [0, 0.05) is 6.08 Å². The van der Waals surface area contributed by atoms with Crippen LogP contribution in [0.5, 0.6) is 0 Å². The molecule has 6 heteroatoms. The fourth-order valence-corrected chi connectivity index (χ4v) is 2.11. The van der Waals surface area contributed by atoms with E-state index in [4.69, 9.17) is 5.11 Å². The van der Waals surface area contributed by atoms with Crippen LogP contribution in [-0.2, 0) is 4.79 Å². The Labute approximate surface area is 110 Å². The minimum atomic E-state index is -1.04. The topological polar surface area (TPSA) is 80.9 Å². The van der Waals surface area contributed by atoms with Gasteiger partial charge in [0.25, 0.3) is 0 Å². The lowest BCUT2D eigenvalue weighted by Gasteiger charge is -2.11. The lowest BCUT2D eigenvalue weighted by Crippen LogP contribution is -2.05. The second-order valence-electron chi connectivity index (χ2n) is 4.37. The van der Waals surface area contributed by atoms with Crippen molar-refractivity contribution in [2.24, 2.45) is 0 Å². The van der Waals surface area contributed by atoms with E-state index in [1.54, 1.807) is 4.68 Å². The first-order chi connectivity index (χ1) is 8.99. The molecule has 0 aliphatic heterocycles. The fraction of sp³-hybridized carbons (Fsp3) is 0.231. The van der Waals surface area contributed by atoms with Crippen LogP contribution in [0.3, 0.4) is 0 Å². The van der Waals surface area contributed by atoms with Gasteiger partial charge in [-0.3, -0.25) is 0 Å². The molecular weight excluding hydrogens is 244 g/mol. The van der Waals surface area contributed by atoms with Gasteiger partial charge in [0.05, 0.1) is 5.69 Å². The lowest BCUT2D eigenvalue weighted by molar-refractivity contribution is -0.131. The summed E-state index contributed by atoms with van der Waals surface area (Å²) in [5.74, 6) is -0.649. The predicted molar refractivity (Wildman–Crippen MR) is 70.0 cm³/mol. The highest BCUT2D eigenvalue weighted by Gasteiger charge is 2.11. The molecule has 0 radical (unpaired) electrons. The van der Waals surface area contributed by atoms with Crippen LogP contribution >= 0.6 is 0 Å². The highest BCUT2D eigenvalue weighted by Crippen LogP contribution is 2.21.